The van der Waals surface area contributed by atoms with Crippen molar-refractivity contribution in [2.24, 2.45) is 20.5 Å². The molecule has 0 radical (unpaired) electrons. The summed E-state index contributed by atoms with van der Waals surface area (Å²) in [7, 11) is 0.844. The molecule has 0 bridgehead atoms. The zero-order chi connectivity index (χ0) is 46.0. The molecule has 0 aliphatic carbocycles. The number of carbonyl (C=O) groups is 2. The summed E-state index contributed by atoms with van der Waals surface area (Å²) in [5.74, 6) is -0.938. The molecule has 16 heteroatoms. The minimum atomic E-state index is -4.79. The van der Waals surface area contributed by atoms with Gasteiger partial charge in [0, 0.05) is 0 Å². The van der Waals surface area contributed by atoms with Crippen LogP contribution in [0.3, 0.4) is 0 Å². The highest BCUT2D eigenvalue weighted by Gasteiger charge is 2.22. The van der Waals surface area contributed by atoms with Gasteiger partial charge in [-0.2, -0.15) is 20.5 Å². The fraction of sp³-hybridized carbons (Fsp3) is 0.458. The molecule has 15 nitrogen and oxygen atoms in total. The number of phosphoric acid groups is 1. The Kier molecular flexibility index (Phi) is 22.3. The first-order chi connectivity index (χ1) is 30.8. The van der Waals surface area contributed by atoms with Crippen LogP contribution in [-0.2, 0) is 45.5 Å². The van der Waals surface area contributed by atoms with Gasteiger partial charge in [0.15, 0.2) is 19.3 Å². The Morgan fingerprint density at radius 2 is 1.00 bits per heavy atom. The molecule has 1 unspecified atom stereocenters. The summed E-state index contributed by atoms with van der Waals surface area (Å²) >= 11 is 0. The van der Waals surface area contributed by atoms with Crippen LogP contribution in [0.1, 0.15) is 76.3 Å². The number of ether oxygens (including phenoxy) is 4. The van der Waals surface area contributed by atoms with Gasteiger partial charge in [0.1, 0.15) is 31.3 Å². The molecule has 4 aromatic rings. The highest BCUT2D eigenvalue weighted by Crippen LogP contribution is 2.38. The largest absolute Gasteiger partial charge is 0.756 e. The molecule has 0 amide bonds. The number of carbonyl (C=O) groups excluding carboxylic acids is 2. The molecule has 346 valence electrons. The molecule has 0 saturated carbocycles. The van der Waals surface area contributed by atoms with Crippen LogP contribution in [0.5, 0.6) is 11.5 Å². The minimum Gasteiger partial charge on any atom is -0.756 e. The molecule has 0 spiro atoms. The fourth-order valence-corrected chi connectivity index (χ4v) is 6.63. The van der Waals surface area contributed by atoms with Crippen LogP contribution in [0.25, 0.3) is 0 Å². The van der Waals surface area contributed by atoms with E-state index in [1.54, 1.807) is 48.5 Å². The van der Waals surface area contributed by atoms with Gasteiger partial charge >= 0.3 is 11.9 Å². The molecule has 0 fully saturated rings. The van der Waals surface area contributed by atoms with Crippen molar-refractivity contribution in [2.45, 2.75) is 84.2 Å². The average Bonchev–Trinajstić information content (AvgIpc) is 3.28. The lowest BCUT2D eigenvalue weighted by molar-refractivity contribution is -0.870. The Morgan fingerprint density at radius 1 is 0.578 bits per heavy atom. The molecule has 2 atom stereocenters. The number of rotatable bonds is 30. The standard InChI is InChI=1S/C48H64N5O10P/c1-6-8-10-12-14-38-16-20-40(21-17-38)49-51-42-24-28-44(29-25-42)58-36-47(54)60-34-46(35-62-64(56,57)61-33-32-53(3,4)5)63-48(55)37-59-45-30-26-43(27-31-45)52-50-41-22-18-39(19-23-41)15-13-11-9-7-2/h16-31,46H,6-15,32-37H2,1-5H3/t46-/m1/s1. The number of azo groups is 2. The number of hydrogen-bond acceptors (Lipinski definition) is 14. The van der Waals surface area contributed by atoms with E-state index in [1.165, 1.54) is 62.5 Å². The number of nitrogens with zero attached hydrogens (tertiary/aromatic N) is 5. The van der Waals surface area contributed by atoms with E-state index in [2.05, 4.69) is 58.6 Å². The number of unbranched alkanes of at least 4 members (excludes halogenated alkanes) is 6. The first kappa shape index (κ1) is 51.3. The van der Waals surface area contributed by atoms with E-state index in [1.807, 2.05) is 45.4 Å². The third kappa shape index (κ3) is 21.9. The lowest BCUT2D eigenvalue weighted by atomic mass is 10.1. The topological polar surface area (TPSA) is 179 Å². The third-order valence-corrected chi connectivity index (χ3v) is 10.6. The maximum absolute atomic E-state index is 12.9. The number of phosphoric ester groups is 1. The summed E-state index contributed by atoms with van der Waals surface area (Å²) in [5.41, 5.74) is 5.19. The molecule has 0 aromatic heterocycles. The van der Waals surface area contributed by atoms with Crippen molar-refractivity contribution >= 4 is 42.5 Å². The summed E-state index contributed by atoms with van der Waals surface area (Å²) in [6, 6.07) is 29.3. The van der Waals surface area contributed by atoms with Gasteiger partial charge in [-0.1, -0.05) is 76.6 Å². The molecule has 0 aliphatic heterocycles. The predicted octanol–water partition coefficient (Wildman–Crippen LogP) is 10.9. The number of benzene rings is 4. The van der Waals surface area contributed by atoms with Crippen molar-refractivity contribution in [2.75, 3.05) is 60.7 Å². The summed E-state index contributed by atoms with van der Waals surface area (Å²) < 4.78 is 44.8. The molecular weight excluding hydrogens is 838 g/mol. The molecule has 0 N–H and O–H groups in total. The van der Waals surface area contributed by atoms with Gasteiger partial charge in [0.2, 0.25) is 0 Å². The fourth-order valence-electron chi connectivity index (χ4n) is 5.91. The number of likely N-dealkylation sites (N-methyl/N-ethyl adjacent to an activating group) is 1. The molecule has 0 saturated heterocycles. The summed E-state index contributed by atoms with van der Waals surface area (Å²) in [4.78, 5) is 38.0. The number of hydrogen-bond donors (Lipinski definition) is 0. The summed E-state index contributed by atoms with van der Waals surface area (Å²) in [6.45, 7) is 2.44. The van der Waals surface area contributed by atoms with Gasteiger partial charge in [-0.15, -0.1) is 0 Å². The van der Waals surface area contributed by atoms with E-state index in [0.29, 0.717) is 33.9 Å². The number of esters is 2. The molecule has 64 heavy (non-hydrogen) atoms. The quantitative estimate of drug-likeness (QED) is 0.0161. The zero-order valence-electron chi connectivity index (χ0n) is 37.9. The molecule has 0 heterocycles. The van der Waals surface area contributed by atoms with Crippen LogP contribution in [0.15, 0.2) is 118 Å². The second kappa shape index (κ2) is 27.8. The van der Waals surface area contributed by atoms with Gasteiger partial charge in [0.05, 0.1) is 50.5 Å². The molecular formula is C48H64N5O10P. The van der Waals surface area contributed by atoms with E-state index in [0.717, 1.165) is 24.2 Å². The normalized spacial score (nSPS) is 13.2. The number of aryl methyl sites for hydroxylation is 2. The van der Waals surface area contributed by atoms with Gasteiger partial charge in [-0.25, -0.2) is 9.59 Å². The Balaban J connectivity index is 1.24. The molecule has 4 rings (SSSR count). The first-order valence-corrected chi connectivity index (χ1v) is 23.5. The molecule has 0 aliphatic rings. The Bertz CT molecular complexity index is 2070. The van der Waals surface area contributed by atoms with Gasteiger partial charge < -0.3 is 37.4 Å². The van der Waals surface area contributed by atoms with Crippen molar-refractivity contribution in [1.29, 1.82) is 0 Å². The van der Waals surface area contributed by atoms with Crippen molar-refractivity contribution in [3.8, 4) is 11.5 Å². The second-order valence-electron chi connectivity index (χ2n) is 16.3. The van der Waals surface area contributed by atoms with E-state index < -0.39 is 52.3 Å². The molecule has 4 aromatic carbocycles. The van der Waals surface area contributed by atoms with Crippen molar-refractivity contribution in [3.05, 3.63) is 108 Å². The average molecular weight is 902 g/mol. The monoisotopic (exact) mass is 901 g/mol. The van der Waals surface area contributed by atoms with Crippen LogP contribution in [-0.4, -0.2) is 83.2 Å². The van der Waals surface area contributed by atoms with Gasteiger partial charge in [-0.3, -0.25) is 4.57 Å². The Morgan fingerprint density at radius 3 is 1.42 bits per heavy atom. The van der Waals surface area contributed by atoms with E-state index in [4.69, 9.17) is 28.0 Å². The summed E-state index contributed by atoms with van der Waals surface area (Å²) in [6.07, 6.45) is 10.5. The van der Waals surface area contributed by atoms with Crippen LogP contribution < -0.4 is 14.4 Å². The van der Waals surface area contributed by atoms with Gasteiger partial charge in [0.25, 0.3) is 7.82 Å². The van der Waals surface area contributed by atoms with Crippen LogP contribution in [0, 0.1) is 0 Å². The van der Waals surface area contributed by atoms with Crippen LogP contribution >= 0.6 is 7.82 Å². The van der Waals surface area contributed by atoms with E-state index >= 15 is 0 Å². The maximum atomic E-state index is 12.9. The van der Waals surface area contributed by atoms with Crippen LogP contribution in [0.2, 0.25) is 0 Å². The van der Waals surface area contributed by atoms with E-state index in [-0.39, 0.29) is 6.61 Å². The SMILES string of the molecule is CCCCCCc1ccc(N=Nc2ccc(OCC(=O)OC[C@H](COP(=O)([O-])OCC[N+](C)(C)C)OC(=O)COc3ccc(N=Nc4ccc(CCCCCC)cc4)cc3)cc2)cc1. The van der Waals surface area contributed by atoms with Crippen molar-refractivity contribution in [3.63, 3.8) is 0 Å². The highest BCUT2D eigenvalue weighted by molar-refractivity contribution is 7.45. The number of quaternary nitrogens is 1. The van der Waals surface area contributed by atoms with Crippen molar-refractivity contribution in [1.82, 2.24) is 0 Å². The zero-order valence-corrected chi connectivity index (χ0v) is 38.8. The van der Waals surface area contributed by atoms with Crippen molar-refractivity contribution < 1.29 is 51.5 Å². The first-order valence-electron chi connectivity index (χ1n) is 22.0. The minimum absolute atomic E-state index is 0.127. The Hall–Kier alpha value is -5.31. The lowest BCUT2D eigenvalue weighted by Crippen LogP contribution is -2.37. The van der Waals surface area contributed by atoms with E-state index in [9.17, 15) is 19.0 Å². The summed E-state index contributed by atoms with van der Waals surface area (Å²) in [5, 5.41) is 17.2. The lowest BCUT2D eigenvalue weighted by Gasteiger charge is -2.28. The Labute approximate surface area is 378 Å². The third-order valence-electron chi connectivity index (χ3n) is 9.62. The maximum Gasteiger partial charge on any atom is 0.344 e. The predicted molar refractivity (Wildman–Crippen MR) is 244 cm³/mol. The smallest absolute Gasteiger partial charge is 0.344 e. The van der Waals surface area contributed by atoms with Gasteiger partial charge in [-0.05, 0) is 110 Å². The highest BCUT2D eigenvalue weighted by atomic mass is 31.2. The van der Waals surface area contributed by atoms with Crippen LogP contribution in [0.4, 0.5) is 22.7 Å². The second-order valence-corrected chi connectivity index (χ2v) is 17.7.